The molecule has 2 saturated carbocycles. The van der Waals surface area contributed by atoms with E-state index in [9.17, 15) is 0 Å². The van der Waals surface area contributed by atoms with E-state index in [-0.39, 0.29) is 0 Å². The Hall–Kier alpha value is -9.12. The Labute approximate surface area is 491 Å². The summed E-state index contributed by atoms with van der Waals surface area (Å²) < 4.78 is 14.8. The Morgan fingerprint density at radius 2 is 0.655 bits per heavy atom. The van der Waals surface area contributed by atoms with Crippen LogP contribution in [0.3, 0.4) is 0 Å². The van der Waals surface area contributed by atoms with Gasteiger partial charge in [0.25, 0.3) is 0 Å². The number of nitrogens with zero attached hydrogens (tertiary/aromatic N) is 2. The van der Waals surface area contributed by atoms with Crippen molar-refractivity contribution >= 4 is 110 Å². The molecule has 0 bridgehead atoms. The SMILES string of the molecule is Cc1ccc(N(c2cc(C3CCCCC3)c3ccc4c(N(c5ccc(C)cc5)c5cccc6c5oc5c(-c7ccccc7C)cccc56)cc(C5CCCCC5)c5ccc2c3c54)c2cccc3c2oc2c(-c4ccccc4C)cccc23)cc1. The molecular formula is C80H68N2O2. The van der Waals surface area contributed by atoms with Crippen molar-refractivity contribution in [1.82, 2.24) is 0 Å². The average Bonchev–Trinajstić information content (AvgIpc) is 0.841. The maximum atomic E-state index is 7.39. The van der Waals surface area contributed by atoms with Gasteiger partial charge in [0.2, 0.25) is 0 Å². The number of aryl methyl sites for hydroxylation is 4. The van der Waals surface area contributed by atoms with Crippen LogP contribution in [0.25, 0.3) is 98.4 Å². The van der Waals surface area contributed by atoms with Gasteiger partial charge in [-0.05, 0) is 169 Å². The van der Waals surface area contributed by atoms with Crippen LogP contribution in [0, 0.1) is 27.7 Å². The second-order valence-electron chi connectivity index (χ2n) is 24.6. The van der Waals surface area contributed by atoms with E-state index in [1.807, 2.05) is 0 Å². The van der Waals surface area contributed by atoms with Crippen LogP contribution in [0.2, 0.25) is 0 Å². The number of fused-ring (bicyclic) bond motifs is 6. The van der Waals surface area contributed by atoms with E-state index in [1.165, 1.54) is 152 Å². The molecule has 2 heterocycles. The van der Waals surface area contributed by atoms with Crippen LogP contribution in [0.5, 0.6) is 0 Å². The number of hydrogen-bond donors (Lipinski definition) is 0. The maximum absolute atomic E-state index is 7.39. The van der Waals surface area contributed by atoms with Gasteiger partial charge in [-0.1, -0.05) is 207 Å². The first-order valence-corrected chi connectivity index (χ1v) is 30.9. The van der Waals surface area contributed by atoms with Gasteiger partial charge in [-0.3, -0.25) is 0 Å². The Balaban J connectivity index is 1.01. The predicted octanol–water partition coefficient (Wildman–Crippen LogP) is 24.0. The fourth-order valence-corrected chi connectivity index (χ4v) is 15.2. The Morgan fingerprint density at radius 1 is 0.298 bits per heavy atom. The van der Waals surface area contributed by atoms with E-state index in [2.05, 4.69) is 244 Å². The Morgan fingerprint density at radius 3 is 1.06 bits per heavy atom. The summed E-state index contributed by atoms with van der Waals surface area (Å²) in [7, 11) is 0. The molecule has 4 nitrogen and oxygen atoms in total. The van der Waals surface area contributed by atoms with Gasteiger partial charge in [-0.25, -0.2) is 0 Å². The smallest absolute Gasteiger partial charge is 0.159 e. The molecule has 0 radical (unpaired) electrons. The van der Waals surface area contributed by atoms with Crippen molar-refractivity contribution in [3.8, 4) is 22.3 Å². The summed E-state index contributed by atoms with van der Waals surface area (Å²) >= 11 is 0. The lowest BCUT2D eigenvalue weighted by Crippen LogP contribution is -2.14. The Bertz CT molecular complexity index is 4540. The van der Waals surface area contributed by atoms with E-state index in [0.29, 0.717) is 11.8 Å². The molecule has 0 unspecified atom stereocenters. The molecule has 0 saturated heterocycles. The molecule has 16 rings (SSSR count). The molecule has 2 aliphatic rings. The molecule has 0 spiro atoms. The summed E-state index contributed by atoms with van der Waals surface area (Å²) in [5, 5.41) is 12.4. The zero-order chi connectivity index (χ0) is 56.2. The van der Waals surface area contributed by atoms with Gasteiger partial charge in [0, 0.05) is 54.8 Å². The Kier molecular flexibility index (Phi) is 12.3. The number of rotatable bonds is 10. The van der Waals surface area contributed by atoms with Crippen molar-refractivity contribution in [2.24, 2.45) is 0 Å². The summed E-state index contributed by atoms with van der Waals surface area (Å²) in [4.78, 5) is 5.09. The van der Waals surface area contributed by atoms with E-state index >= 15 is 0 Å². The van der Waals surface area contributed by atoms with E-state index in [4.69, 9.17) is 8.83 Å². The van der Waals surface area contributed by atoms with Crippen LogP contribution in [-0.2, 0) is 0 Å². The second-order valence-corrected chi connectivity index (χ2v) is 24.6. The topological polar surface area (TPSA) is 32.8 Å². The summed E-state index contributed by atoms with van der Waals surface area (Å²) in [6, 6.07) is 77.7. The molecule has 2 aromatic heterocycles. The molecule has 2 aliphatic carbocycles. The number of hydrogen-bond acceptors (Lipinski definition) is 4. The minimum atomic E-state index is 0.428. The second kappa shape index (κ2) is 20.3. The lowest BCUT2D eigenvalue weighted by atomic mass is 9.77. The molecule has 84 heavy (non-hydrogen) atoms. The molecule has 14 aromatic rings. The third-order valence-corrected chi connectivity index (χ3v) is 19.4. The summed E-state index contributed by atoms with van der Waals surface area (Å²) in [6.45, 7) is 8.78. The highest BCUT2D eigenvalue weighted by atomic mass is 16.3. The molecule has 2 fully saturated rings. The van der Waals surface area contributed by atoms with Crippen LogP contribution < -0.4 is 9.80 Å². The summed E-state index contributed by atoms with van der Waals surface area (Å²) in [5.41, 5.74) is 22.7. The number of benzene rings is 12. The largest absolute Gasteiger partial charge is 0.453 e. The van der Waals surface area contributed by atoms with Gasteiger partial charge >= 0.3 is 0 Å². The van der Waals surface area contributed by atoms with Crippen LogP contribution in [0.1, 0.15) is 109 Å². The summed E-state index contributed by atoms with van der Waals surface area (Å²) in [6.07, 6.45) is 12.3. The molecule has 0 amide bonds. The van der Waals surface area contributed by atoms with Gasteiger partial charge in [-0.15, -0.1) is 0 Å². The van der Waals surface area contributed by atoms with E-state index < -0.39 is 0 Å². The number of anilines is 6. The first kappa shape index (κ1) is 50.6. The number of para-hydroxylation sites is 4. The third kappa shape index (κ3) is 8.16. The van der Waals surface area contributed by atoms with Crippen molar-refractivity contribution in [3.05, 3.63) is 240 Å². The van der Waals surface area contributed by atoms with Crippen LogP contribution >= 0.6 is 0 Å². The molecule has 12 aromatic carbocycles. The number of furan rings is 2. The molecule has 0 N–H and O–H groups in total. The van der Waals surface area contributed by atoms with Crippen LogP contribution in [0.15, 0.2) is 215 Å². The monoisotopic (exact) mass is 1090 g/mol. The molecular weight excluding hydrogens is 1020 g/mol. The van der Waals surface area contributed by atoms with Crippen molar-refractivity contribution in [2.75, 3.05) is 9.80 Å². The summed E-state index contributed by atoms with van der Waals surface area (Å²) in [5.74, 6) is 0.856. The van der Waals surface area contributed by atoms with Gasteiger partial charge in [0.05, 0.1) is 22.7 Å². The lowest BCUT2D eigenvalue weighted by Gasteiger charge is -2.33. The van der Waals surface area contributed by atoms with Crippen molar-refractivity contribution < 1.29 is 8.83 Å². The highest BCUT2D eigenvalue weighted by Crippen LogP contribution is 2.55. The quantitative estimate of drug-likeness (QED) is 0.128. The van der Waals surface area contributed by atoms with E-state index in [0.717, 1.165) is 77.8 Å². The standard InChI is InChI=1S/C80H68N2O2/c1-49-35-39-55(40-36-49)81(71-33-17-31-65-63-29-15-27-61(77(63)83-79(65)71)57-25-13-11-19-51(57)3)73-47-69(53-21-7-5-8-22-53)59-44-46-68-74(48-70(54-23-9-6-10-24-54)60-43-45-67(73)75(59)76(60)68)82(56-41-37-50(2)38-42-56)72-34-18-32-66-64-30-16-28-62(78(64)84-80(66)72)58-26-14-12-20-52(58)4/h11-20,25-48,53-54H,5-10,21-24H2,1-4H3. The molecule has 0 aliphatic heterocycles. The first-order chi connectivity index (χ1) is 41.3. The minimum absolute atomic E-state index is 0.428. The fraction of sp³-hybridized carbons (Fsp3) is 0.200. The molecule has 0 atom stereocenters. The van der Waals surface area contributed by atoms with Gasteiger partial charge in [0.1, 0.15) is 11.2 Å². The van der Waals surface area contributed by atoms with Crippen molar-refractivity contribution in [2.45, 2.75) is 104 Å². The highest BCUT2D eigenvalue weighted by Gasteiger charge is 2.32. The lowest BCUT2D eigenvalue weighted by molar-refractivity contribution is 0.445. The fourth-order valence-electron chi connectivity index (χ4n) is 15.2. The zero-order valence-corrected chi connectivity index (χ0v) is 48.6. The van der Waals surface area contributed by atoms with Gasteiger partial charge in [-0.2, -0.15) is 0 Å². The van der Waals surface area contributed by atoms with Crippen molar-refractivity contribution in [3.63, 3.8) is 0 Å². The highest BCUT2D eigenvalue weighted by molar-refractivity contribution is 6.30. The third-order valence-electron chi connectivity index (χ3n) is 19.4. The van der Waals surface area contributed by atoms with Crippen LogP contribution in [-0.4, -0.2) is 0 Å². The van der Waals surface area contributed by atoms with Crippen molar-refractivity contribution in [1.29, 1.82) is 0 Å². The van der Waals surface area contributed by atoms with E-state index in [1.54, 1.807) is 0 Å². The molecule has 4 heteroatoms. The molecule has 410 valence electrons. The zero-order valence-electron chi connectivity index (χ0n) is 48.6. The maximum Gasteiger partial charge on any atom is 0.159 e. The van der Waals surface area contributed by atoms with Gasteiger partial charge in [0.15, 0.2) is 11.2 Å². The average molecular weight is 1090 g/mol. The minimum Gasteiger partial charge on any atom is -0.453 e. The normalized spacial score (nSPS) is 14.6. The van der Waals surface area contributed by atoms with Gasteiger partial charge < -0.3 is 18.6 Å². The van der Waals surface area contributed by atoms with Crippen LogP contribution in [0.4, 0.5) is 34.1 Å². The predicted molar refractivity (Wildman–Crippen MR) is 356 cm³/mol. The first-order valence-electron chi connectivity index (χ1n) is 30.9.